The van der Waals surface area contributed by atoms with Crippen molar-refractivity contribution in [2.24, 2.45) is 0 Å². The van der Waals surface area contributed by atoms with Gasteiger partial charge in [-0.2, -0.15) is 0 Å². The van der Waals surface area contributed by atoms with Gasteiger partial charge >= 0.3 is 0 Å². The molecule has 15 heavy (non-hydrogen) atoms. The van der Waals surface area contributed by atoms with E-state index in [1.165, 1.54) is 51.4 Å². The zero-order chi connectivity index (χ0) is 11.1. The zero-order valence-corrected chi connectivity index (χ0v) is 10.7. The Labute approximate surface area is 95.5 Å². The van der Waals surface area contributed by atoms with Gasteiger partial charge in [-0.25, -0.2) is 0 Å². The predicted octanol–water partition coefficient (Wildman–Crippen LogP) is 5.40. The van der Waals surface area contributed by atoms with E-state index >= 15 is 0 Å². The van der Waals surface area contributed by atoms with Crippen molar-refractivity contribution >= 4 is 0 Å². The van der Waals surface area contributed by atoms with Gasteiger partial charge in [-0.1, -0.05) is 57.3 Å². The SMILES string of the molecule is CCCCC1=C(CCC)CC(CCC)=C1. The molecule has 0 saturated heterocycles. The van der Waals surface area contributed by atoms with Gasteiger partial charge in [0.25, 0.3) is 0 Å². The molecule has 1 rings (SSSR count). The molecule has 0 spiro atoms. The van der Waals surface area contributed by atoms with Crippen molar-refractivity contribution in [3.05, 3.63) is 22.8 Å². The van der Waals surface area contributed by atoms with E-state index in [9.17, 15) is 0 Å². The summed E-state index contributed by atoms with van der Waals surface area (Å²) in [7, 11) is 0. The molecule has 1 aliphatic rings. The minimum atomic E-state index is 1.29. The number of rotatable bonds is 7. The molecule has 0 heteroatoms. The van der Waals surface area contributed by atoms with E-state index < -0.39 is 0 Å². The van der Waals surface area contributed by atoms with Crippen molar-refractivity contribution in [2.45, 2.75) is 72.1 Å². The fraction of sp³-hybridized carbons (Fsp3) is 0.733. The number of allylic oxidation sites excluding steroid dienone is 4. The van der Waals surface area contributed by atoms with Crippen LogP contribution in [-0.4, -0.2) is 0 Å². The average Bonchev–Trinajstić information content (AvgIpc) is 2.59. The number of hydrogen-bond donors (Lipinski definition) is 0. The molecular weight excluding hydrogens is 180 g/mol. The van der Waals surface area contributed by atoms with Gasteiger partial charge in [0.1, 0.15) is 0 Å². The lowest BCUT2D eigenvalue weighted by atomic mass is 10.0. The van der Waals surface area contributed by atoms with Crippen molar-refractivity contribution < 1.29 is 0 Å². The molecule has 0 fully saturated rings. The summed E-state index contributed by atoms with van der Waals surface area (Å²) in [5.74, 6) is 0. The molecule has 0 heterocycles. The first-order valence-electron chi connectivity index (χ1n) is 6.72. The third kappa shape index (κ3) is 3.85. The van der Waals surface area contributed by atoms with Gasteiger partial charge in [-0.3, -0.25) is 0 Å². The Morgan fingerprint density at radius 1 is 0.933 bits per heavy atom. The molecule has 0 atom stereocenters. The molecule has 0 unspecified atom stereocenters. The van der Waals surface area contributed by atoms with Gasteiger partial charge in [0, 0.05) is 0 Å². The Bertz CT molecular complexity index is 243. The highest BCUT2D eigenvalue weighted by molar-refractivity contribution is 5.39. The van der Waals surface area contributed by atoms with E-state index in [2.05, 4.69) is 26.8 Å². The van der Waals surface area contributed by atoms with Crippen LogP contribution in [-0.2, 0) is 0 Å². The van der Waals surface area contributed by atoms with Gasteiger partial charge in [0.15, 0.2) is 0 Å². The maximum Gasteiger partial charge on any atom is -0.00994 e. The summed E-state index contributed by atoms with van der Waals surface area (Å²) >= 11 is 0. The standard InChI is InChI=1S/C15H26/c1-4-7-10-15-12-13(8-5-2)11-14(15)9-6-3/h12H,4-11H2,1-3H3. The molecule has 1 aliphatic carbocycles. The van der Waals surface area contributed by atoms with Crippen molar-refractivity contribution in [1.29, 1.82) is 0 Å². The van der Waals surface area contributed by atoms with Gasteiger partial charge < -0.3 is 0 Å². The highest BCUT2D eigenvalue weighted by Gasteiger charge is 2.13. The smallest absolute Gasteiger partial charge is 0.00994 e. The summed E-state index contributed by atoms with van der Waals surface area (Å²) in [5.41, 5.74) is 5.11. The van der Waals surface area contributed by atoms with Crippen LogP contribution in [0.3, 0.4) is 0 Å². The van der Waals surface area contributed by atoms with E-state index in [0.717, 1.165) is 0 Å². The van der Waals surface area contributed by atoms with E-state index in [4.69, 9.17) is 0 Å². The summed E-state index contributed by atoms with van der Waals surface area (Å²) in [6, 6.07) is 0. The van der Waals surface area contributed by atoms with Crippen molar-refractivity contribution in [3.63, 3.8) is 0 Å². The molecule has 0 N–H and O–H groups in total. The lowest BCUT2D eigenvalue weighted by Crippen LogP contribution is -1.86. The Kier molecular flexibility index (Phi) is 5.75. The van der Waals surface area contributed by atoms with Crippen LogP contribution in [0.4, 0.5) is 0 Å². The second-order valence-corrected chi connectivity index (χ2v) is 4.71. The highest BCUT2D eigenvalue weighted by atomic mass is 14.2. The summed E-state index contributed by atoms with van der Waals surface area (Å²) < 4.78 is 0. The number of hydrogen-bond acceptors (Lipinski definition) is 0. The topological polar surface area (TPSA) is 0 Å². The van der Waals surface area contributed by atoms with Crippen LogP contribution in [0.25, 0.3) is 0 Å². The van der Waals surface area contributed by atoms with E-state index in [1.807, 2.05) is 0 Å². The maximum atomic E-state index is 2.50. The first-order valence-corrected chi connectivity index (χ1v) is 6.72. The molecule has 0 aromatic rings. The average molecular weight is 206 g/mol. The fourth-order valence-corrected chi connectivity index (χ4v) is 2.44. The maximum absolute atomic E-state index is 2.50. The quantitative estimate of drug-likeness (QED) is 0.523. The predicted molar refractivity (Wildman–Crippen MR) is 69.1 cm³/mol. The molecule has 0 saturated carbocycles. The molecule has 0 amide bonds. The Morgan fingerprint density at radius 2 is 1.67 bits per heavy atom. The van der Waals surface area contributed by atoms with E-state index in [-0.39, 0.29) is 0 Å². The van der Waals surface area contributed by atoms with Gasteiger partial charge in [0.2, 0.25) is 0 Å². The summed E-state index contributed by atoms with van der Waals surface area (Å²) in [6.45, 7) is 6.86. The summed E-state index contributed by atoms with van der Waals surface area (Å²) in [6.07, 6.45) is 13.0. The van der Waals surface area contributed by atoms with Crippen LogP contribution < -0.4 is 0 Å². The zero-order valence-electron chi connectivity index (χ0n) is 10.7. The van der Waals surface area contributed by atoms with Gasteiger partial charge in [0.05, 0.1) is 0 Å². The molecular formula is C15H26. The monoisotopic (exact) mass is 206 g/mol. The highest BCUT2D eigenvalue weighted by Crippen LogP contribution is 2.33. The van der Waals surface area contributed by atoms with Crippen LogP contribution in [0, 0.1) is 0 Å². The van der Waals surface area contributed by atoms with Gasteiger partial charge in [-0.05, 0) is 37.7 Å². The van der Waals surface area contributed by atoms with Crippen molar-refractivity contribution in [2.75, 3.05) is 0 Å². The largest absolute Gasteiger partial charge is 0.0659 e. The molecule has 0 bridgehead atoms. The van der Waals surface area contributed by atoms with Crippen molar-refractivity contribution in [3.8, 4) is 0 Å². The third-order valence-corrected chi connectivity index (χ3v) is 3.20. The minimum absolute atomic E-state index is 1.29. The van der Waals surface area contributed by atoms with E-state index in [1.54, 1.807) is 16.7 Å². The summed E-state index contributed by atoms with van der Waals surface area (Å²) in [5, 5.41) is 0. The fourth-order valence-electron chi connectivity index (χ4n) is 2.44. The molecule has 86 valence electrons. The lowest BCUT2D eigenvalue weighted by molar-refractivity contribution is 0.778. The second-order valence-electron chi connectivity index (χ2n) is 4.71. The molecule has 0 aliphatic heterocycles. The lowest BCUT2D eigenvalue weighted by Gasteiger charge is -2.05. The van der Waals surface area contributed by atoms with E-state index in [0.29, 0.717) is 0 Å². The second kappa shape index (κ2) is 6.87. The van der Waals surface area contributed by atoms with Crippen LogP contribution in [0.15, 0.2) is 22.8 Å². The Morgan fingerprint density at radius 3 is 2.27 bits per heavy atom. The molecule has 0 nitrogen and oxygen atoms in total. The first kappa shape index (κ1) is 12.5. The Hall–Kier alpha value is -0.520. The van der Waals surface area contributed by atoms with Crippen LogP contribution in [0.2, 0.25) is 0 Å². The van der Waals surface area contributed by atoms with Gasteiger partial charge in [-0.15, -0.1) is 0 Å². The summed E-state index contributed by atoms with van der Waals surface area (Å²) in [4.78, 5) is 0. The Balaban J connectivity index is 2.56. The number of unbranched alkanes of at least 4 members (excludes halogenated alkanes) is 1. The normalized spacial score (nSPS) is 16.1. The first-order chi connectivity index (χ1) is 7.31. The molecule has 0 radical (unpaired) electrons. The minimum Gasteiger partial charge on any atom is -0.0659 e. The third-order valence-electron chi connectivity index (χ3n) is 3.20. The van der Waals surface area contributed by atoms with Crippen LogP contribution in [0.1, 0.15) is 72.1 Å². The van der Waals surface area contributed by atoms with Crippen LogP contribution >= 0.6 is 0 Å². The van der Waals surface area contributed by atoms with Crippen LogP contribution in [0.5, 0.6) is 0 Å². The molecule has 0 aromatic carbocycles. The molecule has 0 aromatic heterocycles. The van der Waals surface area contributed by atoms with Crippen molar-refractivity contribution in [1.82, 2.24) is 0 Å².